The van der Waals surface area contributed by atoms with E-state index in [-0.39, 0.29) is 50.7 Å². The predicted octanol–water partition coefficient (Wildman–Crippen LogP) is 0.638. The quantitative estimate of drug-likeness (QED) is 0.349. The Bertz CT molecular complexity index is 448. The standard InChI is InChI=1S/2C10H15.C2H7Si.2ClH.Hf/c2*1-3-4-7-10-8-5-6-9(10)2;1-3-2;;;/h2*5-6,8H,3-4,7H2,1-2H3;3H,1-2H3;2*1H;/q2*-1;;;;+4/p-2. The first-order chi connectivity index (χ1) is 11.1. The van der Waals surface area contributed by atoms with E-state index in [2.05, 4.69) is 77.2 Å². The van der Waals surface area contributed by atoms with Crippen LogP contribution in [0, 0.1) is 13.8 Å². The maximum atomic E-state index is 2.23. The van der Waals surface area contributed by atoms with Crippen molar-refractivity contribution < 1.29 is 50.7 Å². The summed E-state index contributed by atoms with van der Waals surface area (Å²) >= 11 is 0. The molecule has 2 rings (SSSR count). The Morgan fingerprint density at radius 1 is 0.769 bits per heavy atom. The monoisotopic (exact) mass is 579 g/mol. The van der Waals surface area contributed by atoms with Crippen LogP contribution in [-0.4, -0.2) is 9.52 Å². The van der Waals surface area contributed by atoms with Crippen molar-refractivity contribution in [1.29, 1.82) is 0 Å². The van der Waals surface area contributed by atoms with Crippen LogP contribution in [0.1, 0.15) is 61.8 Å². The van der Waals surface area contributed by atoms with Crippen molar-refractivity contribution in [1.82, 2.24) is 0 Å². The minimum absolute atomic E-state index is 0. The molecule has 4 heteroatoms. The summed E-state index contributed by atoms with van der Waals surface area (Å²) in [4.78, 5) is 0. The smallest absolute Gasteiger partial charge is 1.00 e. The van der Waals surface area contributed by atoms with E-state index in [4.69, 9.17) is 0 Å². The van der Waals surface area contributed by atoms with Crippen LogP contribution in [0.3, 0.4) is 0 Å². The van der Waals surface area contributed by atoms with Gasteiger partial charge in [0.2, 0.25) is 0 Å². The van der Waals surface area contributed by atoms with Crippen LogP contribution in [0.4, 0.5) is 0 Å². The first kappa shape index (κ1) is 33.9. The molecule has 147 valence electrons. The molecule has 0 atom stereocenters. The van der Waals surface area contributed by atoms with Crippen molar-refractivity contribution >= 4 is 9.52 Å². The first-order valence-corrected chi connectivity index (χ1v) is 11.6. The van der Waals surface area contributed by atoms with Gasteiger partial charge in [0.15, 0.2) is 0 Å². The number of halogens is 2. The zero-order valence-corrected chi connectivity index (χ0v) is 23.8. The van der Waals surface area contributed by atoms with E-state index < -0.39 is 0 Å². The maximum absolute atomic E-state index is 2.23. The number of rotatable bonds is 6. The van der Waals surface area contributed by atoms with E-state index in [1.54, 1.807) is 0 Å². The second-order valence-electron chi connectivity index (χ2n) is 6.25. The summed E-state index contributed by atoms with van der Waals surface area (Å²) in [6.45, 7) is 13.3. The van der Waals surface area contributed by atoms with Crippen molar-refractivity contribution in [3.8, 4) is 0 Å². The summed E-state index contributed by atoms with van der Waals surface area (Å²) in [5, 5.41) is 0. The maximum Gasteiger partial charge on any atom is 4.00 e. The number of hydrogen-bond acceptors (Lipinski definition) is 0. The number of aryl methyl sites for hydroxylation is 4. The Balaban J connectivity index is -0.000000147. The fourth-order valence-electron chi connectivity index (χ4n) is 2.39. The van der Waals surface area contributed by atoms with Crippen LogP contribution in [0.15, 0.2) is 36.4 Å². The van der Waals surface area contributed by atoms with Gasteiger partial charge in [-0.25, -0.2) is 12.1 Å². The fraction of sp³-hybridized carbons (Fsp3) is 0.545. The summed E-state index contributed by atoms with van der Waals surface area (Å²) in [5.74, 6) is 0. The molecule has 26 heavy (non-hydrogen) atoms. The molecule has 0 aliphatic rings. The van der Waals surface area contributed by atoms with Crippen molar-refractivity contribution in [2.45, 2.75) is 79.3 Å². The summed E-state index contributed by atoms with van der Waals surface area (Å²) in [5.41, 5.74) is 5.96. The molecule has 0 fully saturated rings. The molecule has 0 aliphatic carbocycles. The molecule has 0 N–H and O–H groups in total. The second-order valence-corrected chi connectivity index (χ2v) is 7.41. The van der Waals surface area contributed by atoms with Crippen molar-refractivity contribution in [3.05, 3.63) is 58.7 Å². The van der Waals surface area contributed by atoms with E-state index in [9.17, 15) is 0 Å². The molecule has 2 aromatic carbocycles. The molecular formula is C22H37Cl2HfSi. The van der Waals surface area contributed by atoms with Gasteiger partial charge in [0.25, 0.3) is 0 Å². The Morgan fingerprint density at radius 3 is 1.27 bits per heavy atom. The minimum Gasteiger partial charge on any atom is -1.00 e. The molecule has 0 bridgehead atoms. The van der Waals surface area contributed by atoms with E-state index >= 15 is 0 Å². The molecule has 0 amide bonds. The molecule has 1 radical (unpaired) electrons. The Kier molecular flexibility index (Phi) is 30.5. The Labute approximate surface area is 197 Å². The molecule has 0 nitrogen and oxygen atoms in total. The summed E-state index contributed by atoms with van der Waals surface area (Å²) in [6.07, 6.45) is 7.76. The number of hydrogen-bond donors (Lipinski definition) is 0. The fourth-order valence-corrected chi connectivity index (χ4v) is 2.39. The van der Waals surface area contributed by atoms with Gasteiger partial charge in [-0.3, -0.25) is 0 Å². The third kappa shape index (κ3) is 16.5. The van der Waals surface area contributed by atoms with Crippen molar-refractivity contribution in [2.24, 2.45) is 0 Å². The van der Waals surface area contributed by atoms with Gasteiger partial charge in [-0.1, -0.05) is 79.3 Å². The van der Waals surface area contributed by atoms with Crippen LogP contribution >= 0.6 is 0 Å². The van der Waals surface area contributed by atoms with Gasteiger partial charge >= 0.3 is 25.8 Å². The van der Waals surface area contributed by atoms with Crippen molar-refractivity contribution in [2.75, 3.05) is 0 Å². The average Bonchev–Trinajstić information content (AvgIpc) is 3.13. The Hall–Kier alpha value is 0.367. The molecule has 0 heterocycles. The van der Waals surface area contributed by atoms with Gasteiger partial charge in [-0.15, -0.1) is 0 Å². The van der Waals surface area contributed by atoms with Gasteiger partial charge in [0.05, 0.1) is 0 Å². The van der Waals surface area contributed by atoms with Gasteiger partial charge < -0.3 is 24.8 Å². The molecule has 0 saturated heterocycles. The molecule has 0 aliphatic heterocycles. The van der Waals surface area contributed by atoms with Crippen LogP contribution < -0.4 is 24.8 Å². The van der Waals surface area contributed by atoms with Gasteiger partial charge in [-0.2, -0.15) is 46.5 Å². The average molecular weight is 579 g/mol. The van der Waals surface area contributed by atoms with Crippen LogP contribution in [-0.2, 0) is 38.7 Å². The van der Waals surface area contributed by atoms with Gasteiger partial charge in [-0.05, 0) is 0 Å². The predicted molar refractivity (Wildman–Crippen MR) is 110 cm³/mol. The topological polar surface area (TPSA) is 0 Å². The molecule has 0 aromatic heterocycles. The van der Waals surface area contributed by atoms with Crippen LogP contribution in [0.5, 0.6) is 0 Å². The van der Waals surface area contributed by atoms with Crippen LogP contribution in [0.2, 0.25) is 13.1 Å². The van der Waals surface area contributed by atoms with Crippen molar-refractivity contribution in [3.63, 3.8) is 0 Å². The molecule has 2 aromatic rings. The largest absolute Gasteiger partial charge is 4.00 e. The van der Waals surface area contributed by atoms with E-state index in [1.807, 2.05) is 0 Å². The third-order valence-corrected chi connectivity index (χ3v) is 3.90. The summed E-state index contributed by atoms with van der Waals surface area (Å²) < 4.78 is 0. The SMILES string of the molecule is CCCCc1cc[cH-]c1C.CCCCc1cc[cH-]c1C.C[SiH]C.[Cl-].[Cl-].[Hf+4]. The first-order valence-electron chi connectivity index (χ1n) is 9.26. The normalized spacial score (nSPS) is 8.54. The zero-order valence-electron chi connectivity index (χ0n) is 17.5. The van der Waals surface area contributed by atoms with E-state index in [1.165, 1.54) is 60.8 Å². The molecule has 0 saturated carbocycles. The minimum atomic E-state index is 0. The summed E-state index contributed by atoms with van der Waals surface area (Å²) in [7, 11) is 0.750. The van der Waals surface area contributed by atoms with Crippen LogP contribution in [0.25, 0.3) is 0 Å². The molecular weight excluding hydrogens is 542 g/mol. The number of unbranched alkanes of at least 4 members (excludes halogenated alkanes) is 2. The zero-order chi connectivity index (χ0) is 17.5. The van der Waals surface area contributed by atoms with Gasteiger partial charge in [0.1, 0.15) is 0 Å². The third-order valence-electron chi connectivity index (χ3n) is 3.90. The molecule has 0 spiro atoms. The van der Waals surface area contributed by atoms with E-state index in [0.717, 1.165) is 9.52 Å². The summed E-state index contributed by atoms with van der Waals surface area (Å²) in [6, 6.07) is 13.1. The second kappa shape index (κ2) is 23.4. The molecule has 0 unspecified atom stereocenters. The Morgan fingerprint density at radius 2 is 1.08 bits per heavy atom. The van der Waals surface area contributed by atoms with E-state index in [0.29, 0.717) is 0 Å². The van der Waals surface area contributed by atoms with Gasteiger partial charge in [0, 0.05) is 9.52 Å².